The van der Waals surface area contributed by atoms with Gasteiger partial charge in [-0.15, -0.1) is 0 Å². The first-order chi connectivity index (χ1) is 8.89. The predicted molar refractivity (Wildman–Crippen MR) is 75.9 cm³/mol. The molecule has 0 aliphatic heterocycles. The first-order valence-electron chi connectivity index (χ1n) is 6.02. The van der Waals surface area contributed by atoms with Crippen LogP contribution in [0.25, 0.3) is 0 Å². The molecule has 1 N–H and O–H groups in total. The Kier molecular flexibility index (Phi) is 5.55. The molecule has 0 atom stereocenters. The van der Waals surface area contributed by atoms with Gasteiger partial charge in [-0.2, -0.15) is 0 Å². The van der Waals surface area contributed by atoms with E-state index >= 15 is 0 Å². The van der Waals surface area contributed by atoms with Gasteiger partial charge in [-0.05, 0) is 25.5 Å². The van der Waals surface area contributed by atoms with Crippen LogP contribution in [0.2, 0.25) is 0 Å². The molecule has 104 valence electrons. The molecule has 1 rings (SSSR count). The van der Waals surface area contributed by atoms with Gasteiger partial charge in [-0.25, -0.2) is 12.7 Å². The summed E-state index contributed by atoms with van der Waals surface area (Å²) < 4.78 is 25.4. The number of aliphatic hydroxyl groups is 1. The van der Waals surface area contributed by atoms with Crippen LogP contribution >= 0.6 is 0 Å². The SMILES string of the molecule is CC(C)S(=O)(=O)N(C)Cc1ccccc1C#CCO. The van der Waals surface area contributed by atoms with Crippen molar-refractivity contribution in [1.29, 1.82) is 0 Å². The molecule has 0 spiro atoms. The molecule has 0 aliphatic carbocycles. The molecule has 4 nitrogen and oxygen atoms in total. The van der Waals surface area contributed by atoms with Gasteiger partial charge in [0.2, 0.25) is 10.0 Å². The summed E-state index contributed by atoms with van der Waals surface area (Å²) in [6, 6.07) is 7.33. The smallest absolute Gasteiger partial charge is 0.216 e. The molecular weight excluding hydrogens is 262 g/mol. The highest BCUT2D eigenvalue weighted by Gasteiger charge is 2.22. The van der Waals surface area contributed by atoms with Crippen LogP contribution in [0.3, 0.4) is 0 Å². The molecule has 0 bridgehead atoms. The van der Waals surface area contributed by atoms with Crippen LogP contribution in [0, 0.1) is 11.8 Å². The number of nitrogens with zero attached hydrogens (tertiary/aromatic N) is 1. The van der Waals surface area contributed by atoms with E-state index in [0.717, 1.165) is 11.1 Å². The van der Waals surface area contributed by atoms with Gasteiger partial charge in [0.1, 0.15) is 6.61 Å². The van der Waals surface area contributed by atoms with Crippen molar-refractivity contribution in [3.05, 3.63) is 35.4 Å². The van der Waals surface area contributed by atoms with Gasteiger partial charge in [0, 0.05) is 19.2 Å². The average molecular weight is 281 g/mol. The number of aliphatic hydroxyl groups excluding tert-OH is 1. The molecule has 0 aromatic heterocycles. The van der Waals surface area contributed by atoms with Gasteiger partial charge >= 0.3 is 0 Å². The van der Waals surface area contributed by atoms with E-state index in [-0.39, 0.29) is 13.2 Å². The average Bonchev–Trinajstić information content (AvgIpc) is 2.37. The summed E-state index contributed by atoms with van der Waals surface area (Å²) in [7, 11) is -1.72. The summed E-state index contributed by atoms with van der Waals surface area (Å²) in [5.74, 6) is 5.40. The fourth-order valence-corrected chi connectivity index (χ4v) is 2.64. The second-order valence-electron chi connectivity index (χ2n) is 4.47. The summed E-state index contributed by atoms with van der Waals surface area (Å²) in [5.41, 5.74) is 1.57. The zero-order valence-electron chi connectivity index (χ0n) is 11.4. The fourth-order valence-electron chi connectivity index (χ4n) is 1.60. The van der Waals surface area contributed by atoms with Crippen molar-refractivity contribution >= 4 is 10.0 Å². The number of hydrogen-bond donors (Lipinski definition) is 1. The molecule has 0 aliphatic rings. The van der Waals surface area contributed by atoms with Crippen molar-refractivity contribution in [2.24, 2.45) is 0 Å². The van der Waals surface area contributed by atoms with Gasteiger partial charge in [0.25, 0.3) is 0 Å². The minimum absolute atomic E-state index is 0.214. The third-order valence-electron chi connectivity index (χ3n) is 2.74. The van der Waals surface area contributed by atoms with Crippen molar-refractivity contribution in [2.45, 2.75) is 25.6 Å². The number of hydrogen-bond acceptors (Lipinski definition) is 3. The van der Waals surface area contributed by atoms with Gasteiger partial charge in [-0.3, -0.25) is 0 Å². The standard InChI is InChI=1S/C14H19NO3S/c1-12(2)19(17,18)15(3)11-14-8-5-4-7-13(14)9-6-10-16/h4-5,7-8,12,16H,10-11H2,1-3H3. The van der Waals surface area contributed by atoms with Crippen molar-refractivity contribution in [3.8, 4) is 11.8 Å². The van der Waals surface area contributed by atoms with Crippen LogP contribution < -0.4 is 0 Å². The minimum Gasteiger partial charge on any atom is -0.384 e. The van der Waals surface area contributed by atoms with Crippen LogP contribution in [0.15, 0.2) is 24.3 Å². The van der Waals surface area contributed by atoms with E-state index in [9.17, 15) is 8.42 Å². The maximum Gasteiger partial charge on any atom is 0.216 e. The second-order valence-corrected chi connectivity index (χ2v) is 7.06. The molecule has 0 saturated carbocycles. The summed E-state index contributed by atoms with van der Waals surface area (Å²) in [4.78, 5) is 0. The Bertz CT molecular complexity index is 582. The maximum atomic E-state index is 12.0. The van der Waals surface area contributed by atoms with Crippen molar-refractivity contribution in [2.75, 3.05) is 13.7 Å². The largest absolute Gasteiger partial charge is 0.384 e. The first-order valence-corrected chi connectivity index (χ1v) is 7.52. The first kappa shape index (κ1) is 15.7. The molecule has 0 unspecified atom stereocenters. The Balaban J connectivity index is 3.01. The van der Waals surface area contributed by atoms with E-state index in [1.54, 1.807) is 20.9 Å². The van der Waals surface area contributed by atoms with E-state index in [2.05, 4.69) is 11.8 Å². The van der Waals surface area contributed by atoms with Crippen LogP contribution in [0.5, 0.6) is 0 Å². The van der Waals surface area contributed by atoms with Gasteiger partial charge in [-0.1, -0.05) is 30.0 Å². The van der Waals surface area contributed by atoms with Crippen LogP contribution in [-0.4, -0.2) is 36.7 Å². The van der Waals surface area contributed by atoms with Gasteiger partial charge < -0.3 is 5.11 Å². The molecule has 1 aromatic rings. The number of sulfonamides is 1. The van der Waals surface area contributed by atoms with Crippen LogP contribution in [0.4, 0.5) is 0 Å². The Morgan fingerprint density at radius 2 is 1.95 bits per heavy atom. The lowest BCUT2D eigenvalue weighted by Gasteiger charge is -2.20. The number of benzene rings is 1. The zero-order valence-corrected chi connectivity index (χ0v) is 12.2. The van der Waals surface area contributed by atoms with E-state index in [1.807, 2.05) is 24.3 Å². The van der Waals surface area contributed by atoms with E-state index in [4.69, 9.17) is 5.11 Å². The summed E-state index contributed by atoms with van der Waals surface area (Å²) in [5, 5.41) is 8.27. The zero-order chi connectivity index (χ0) is 14.5. The Morgan fingerprint density at radius 1 is 1.32 bits per heavy atom. The molecule has 0 radical (unpaired) electrons. The third kappa shape index (κ3) is 4.06. The fraction of sp³-hybridized carbons (Fsp3) is 0.429. The monoisotopic (exact) mass is 281 g/mol. The molecule has 0 amide bonds. The maximum absolute atomic E-state index is 12.0. The summed E-state index contributed by atoms with van der Waals surface area (Å²) >= 11 is 0. The lowest BCUT2D eigenvalue weighted by molar-refractivity contribution is 0.350. The molecule has 19 heavy (non-hydrogen) atoms. The van der Waals surface area contributed by atoms with Crippen molar-refractivity contribution < 1.29 is 13.5 Å². The molecule has 5 heteroatoms. The molecule has 0 heterocycles. The van der Waals surface area contributed by atoms with Gasteiger partial charge in [0.05, 0.1) is 5.25 Å². The Labute approximate surface area is 115 Å². The Morgan fingerprint density at radius 3 is 2.53 bits per heavy atom. The Hall–Kier alpha value is -1.35. The molecule has 1 aromatic carbocycles. The highest BCUT2D eigenvalue weighted by Crippen LogP contribution is 2.14. The van der Waals surface area contributed by atoms with E-state index in [0.29, 0.717) is 0 Å². The normalized spacial score (nSPS) is 11.5. The highest BCUT2D eigenvalue weighted by molar-refractivity contribution is 7.89. The van der Waals surface area contributed by atoms with Crippen LogP contribution in [-0.2, 0) is 16.6 Å². The molecule has 0 fully saturated rings. The minimum atomic E-state index is -3.28. The van der Waals surface area contributed by atoms with Gasteiger partial charge in [0.15, 0.2) is 0 Å². The molecular formula is C14H19NO3S. The van der Waals surface area contributed by atoms with Crippen LogP contribution in [0.1, 0.15) is 25.0 Å². The second kappa shape index (κ2) is 6.71. The highest BCUT2D eigenvalue weighted by atomic mass is 32.2. The summed E-state index contributed by atoms with van der Waals surface area (Å²) in [6.07, 6.45) is 0. The van der Waals surface area contributed by atoms with E-state index in [1.165, 1.54) is 4.31 Å². The lowest BCUT2D eigenvalue weighted by atomic mass is 10.1. The summed E-state index contributed by atoms with van der Waals surface area (Å²) in [6.45, 7) is 3.37. The lowest BCUT2D eigenvalue weighted by Crippen LogP contribution is -2.32. The van der Waals surface area contributed by atoms with Crippen molar-refractivity contribution in [1.82, 2.24) is 4.31 Å². The predicted octanol–water partition coefficient (Wildman–Crippen LogP) is 1.20. The quantitative estimate of drug-likeness (QED) is 0.844. The molecule has 0 saturated heterocycles. The van der Waals surface area contributed by atoms with E-state index < -0.39 is 15.3 Å². The van der Waals surface area contributed by atoms with Crippen molar-refractivity contribution in [3.63, 3.8) is 0 Å². The topological polar surface area (TPSA) is 57.6 Å². The number of rotatable bonds is 4. The third-order valence-corrected chi connectivity index (χ3v) is 4.93.